The monoisotopic (exact) mass is 284 g/mol. The van der Waals surface area contributed by atoms with Crippen LogP contribution in [-0.2, 0) is 6.54 Å². The second-order valence-electron chi connectivity index (χ2n) is 4.90. The number of urea groups is 1. The summed E-state index contributed by atoms with van der Waals surface area (Å²) in [6, 6.07) is 7.01. The lowest BCUT2D eigenvalue weighted by Crippen LogP contribution is -2.52. The number of rotatable bonds is 6. The molecule has 3 N–H and O–H groups in total. The van der Waals surface area contributed by atoms with Crippen LogP contribution in [0.3, 0.4) is 0 Å². The number of hydrogen-bond donors (Lipinski definition) is 3. The van der Waals surface area contributed by atoms with Crippen LogP contribution < -0.4 is 10.6 Å². The second-order valence-corrected chi connectivity index (χ2v) is 5.34. The van der Waals surface area contributed by atoms with E-state index in [-0.39, 0.29) is 12.6 Å². The number of aliphatic hydroxyl groups excluding tert-OH is 1. The molecule has 106 valence electrons. The van der Waals surface area contributed by atoms with E-state index in [0.29, 0.717) is 11.6 Å². The molecule has 5 heteroatoms. The lowest BCUT2D eigenvalue weighted by atomic mass is 9.98. The molecule has 0 fully saturated rings. The first-order chi connectivity index (χ1) is 8.99. The van der Waals surface area contributed by atoms with E-state index in [1.807, 2.05) is 26.0 Å². The maximum absolute atomic E-state index is 11.8. The summed E-state index contributed by atoms with van der Waals surface area (Å²) in [6.07, 6.45) is 1.63. The molecule has 0 heterocycles. The molecule has 0 aliphatic heterocycles. The molecule has 1 atom stereocenters. The van der Waals surface area contributed by atoms with Gasteiger partial charge in [-0.05, 0) is 31.0 Å². The zero-order valence-corrected chi connectivity index (χ0v) is 12.1. The van der Waals surface area contributed by atoms with Crippen molar-refractivity contribution in [2.75, 3.05) is 6.61 Å². The molecule has 1 aromatic carbocycles. The van der Waals surface area contributed by atoms with E-state index in [2.05, 4.69) is 10.6 Å². The van der Waals surface area contributed by atoms with Crippen molar-refractivity contribution in [3.63, 3.8) is 0 Å². The molecule has 1 rings (SSSR count). The molecule has 2 amide bonds. The van der Waals surface area contributed by atoms with Crippen molar-refractivity contribution in [3.8, 4) is 0 Å². The van der Waals surface area contributed by atoms with Crippen LogP contribution in [0.1, 0.15) is 32.3 Å². The van der Waals surface area contributed by atoms with Crippen LogP contribution in [0, 0.1) is 0 Å². The molecule has 1 unspecified atom stereocenters. The molecule has 19 heavy (non-hydrogen) atoms. The summed E-state index contributed by atoms with van der Waals surface area (Å²) in [6.45, 7) is 4.20. The number of carbonyl (C=O) groups excluding carboxylic acids is 1. The van der Waals surface area contributed by atoms with E-state index in [1.54, 1.807) is 12.1 Å². The van der Waals surface area contributed by atoms with Gasteiger partial charge in [0.05, 0.1) is 12.1 Å². The fourth-order valence-corrected chi connectivity index (χ4v) is 1.96. The molecule has 0 spiro atoms. The average molecular weight is 285 g/mol. The zero-order valence-electron chi connectivity index (χ0n) is 11.4. The summed E-state index contributed by atoms with van der Waals surface area (Å²) in [5.41, 5.74) is 0.402. The summed E-state index contributed by atoms with van der Waals surface area (Å²) >= 11 is 5.79. The third-order valence-electron chi connectivity index (χ3n) is 2.93. The minimum Gasteiger partial charge on any atom is -0.394 e. The van der Waals surface area contributed by atoms with E-state index in [4.69, 9.17) is 11.6 Å². The van der Waals surface area contributed by atoms with Gasteiger partial charge < -0.3 is 15.7 Å². The van der Waals surface area contributed by atoms with E-state index in [9.17, 15) is 9.90 Å². The first-order valence-electron chi connectivity index (χ1n) is 6.40. The Hall–Kier alpha value is -1.26. The van der Waals surface area contributed by atoms with Crippen molar-refractivity contribution >= 4 is 17.6 Å². The van der Waals surface area contributed by atoms with E-state index >= 15 is 0 Å². The van der Waals surface area contributed by atoms with Gasteiger partial charge in [-0.15, -0.1) is 0 Å². The highest BCUT2D eigenvalue weighted by atomic mass is 35.5. The molecule has 4 nitrogen and oxygen atoms in total. The number of benzene rings is 1. The number of nitrogens with one attached hydrogen (secondary N) is 2. The second kappa shape index (κ2) is 7.36. The van der Waals surface area contributed by atoms with Crippen LogP contribution in [0.4, 0.5) is 4.79 Å². The topological polar surface area (TPSA) is 61.4 Å². The van der Waals surface area contributed by atoms with Crippen LogP contribution in [-0.4, -0.2) is 23.3 Å². The summed E-state index contributed by atoms with van der Waals surface area (Å²) < 4.78 is 0. The van der Waals surface area contributed by atoms with Gasteiger partial charge in [0.15, 0.2) is 0 Å². The van der Waals surface area contributed by atoms with Crippen molar-refractivity contribution in [2.24, 2.45) is 0 Å². The average Bonchev–Trinajstić information content (AvgIpc) is 2.38. The highest BCUT2D eigenvalue weighted by molar-refractivity contribution is 6.30. The van der Waals surface area contributed by atoms with E-state index in [1.165, 1.54) is 0 Å². The molecule has 0 aliphatic carbocycles. The van der Waals surface area contributed by atoms with E-state index in [0.717, 1.165) is 18.4 Å². The van der Waals surface area contributed by atoms with Gasteiger partial charge in [-0.1, -0.05) is 37.1 Å². The fourth-order valence-electron chi connectivity index (χ4n) is 1.84. The Morgan fingerprint density at radius 2 is 2.00 bits per heavy atom. The van der Waals surface area contributed by atoms with Gasteiger partial charge in [-0.25, -0.2) is 4.79 Å². The zero-order chi connectivity index (χ0) is 14.3. The summed E-state index contributed by atoms with van der Waals surface area (Å²) in [5.74, 6) is 0. The first-order valence-corrected chi connectivity index (χ1v) is 6.78. The van der Waals surface area contributed by atoms with Gasteiger partial charge in [-0.2, -0.15) is 0 Å². The minimum atomic E-state index is -0.571. The van der Waals surface area contributed by atoms with Gasteiger partial charge >= 0.3 is 6.03 Å². The van der Waals surface area contributed by atoms with Crippen molar-refractivity contribution in [1.29, 1.82) is 0 Å². The number of halogens is 1. The molecule has 0 saturated heterocycles. The van der Waals surface area contributed by atoms with Crippen LogP contribution in [0.25, 0.3) is 0 Å². The summed E-state index contributed by atoms with van der Waals surface area (Å²) in [4.78, 5) is 11.8. The van der Waals surface area contributed by atoms with Gasteiger partial charge in [0.25, 0.3) is 0 Å². The molecule has 1 aromatic rings. The smallest absolute Gasteiger partial charge is 0.315 e. The molecule has 0 saturated carbocycles. The van der Waals surface area contributed by atoms with Crippen molar-refractivity contribution in [2.45, 2.75) is 38.8 Å². The Morgan fingerprint density at radius 3 is 2.53 bits per heavy atom. The molecule has 0 aromatic heterocycles. The fraction of sp³-hybridized carbons (Fsp3) is 0.500. The third-order valence-corrected chi connectivity index (χ3v) is 3.18. The SMILES string of the molecule is CCCC(C)(CO)NC(=O)NCc1ccc(Cl)cc1. The Labute approximate surface area is 119 Å². The van der Waals surface area contributed by atoms with Crippen LogP contribution >= 0.6 is 11.6 Å². The van der Waals surface area contributed by atoms with Crippen LogP contribution in [0.2, 0.25) is 5.02 Å². The van der Waals surface area contributed by atoms with Crippen molar-refractivity contribution < 1.29 is 9.90 Å². The predicted octanol–water partition coefficient (Wildman–Crippen LogP) is 2.69. The standard InChI is InChI=1S/C14H21ClN2O2/c1-3-8-14(2,10-18)17-13(19)16-9-11-4-6-12(15)7-5-11/h4-7,18H,3,8-10H2,1-2H3,(H2,16,17,19). The normalized spacial score (nSPS) is 13.7. The van der Waals surface area contributed by atoms with E-state index < -0.39 is 5.54 Å². The Kier molecular flexibility index (Phi) is 6.12. The van der Waals surface area contributed by atoms with Crippen molar-refractivity contribution in [1.82, 2.24) is 10.6 Å². The minimum absolute atomic E-state index is 0.0742. The lowest BCUT2D eigenvalue weighted by molar-refractivity contribution is 0.163. The Balaban J connectivity index is 2.45. The molecule has 0 radical (unpaired) electrons. The molecule has 0 bridgehead atoms. The summed E-state index contributed by atoms with van der Waals surface area (Å²) in [5, 5.41) is 15.6. The van der Waals surface area contributed by atoms with Crippen molar-refractivity contribution in [3.05, 3.63) is 34.9 Å². The molecular formula is C14H21ClN2O2. The number of hydrogen-bond acceptors (Lipinski definition) is 2. The first kappa shape index (κ1) is 15.8. The maximum Gasteiger partial charge on any atom is 0.315 e. The van der Waals surface area contributed by atoms with Gasteiger partial charge in [0.2, 0.25) is 0 Å². The third kappa shape index (κ3) is 5.49. The summed E-state index contributed by atoms with van der Waals surface area (Å²) in [7, 11) is 0. The highest BCUT2D eigenvalue weighted by Gasteiger charge is 2.24. The predicted molar refractivity (Wildman–Crippen MR) is 77.2 cm³/mol. The maximum atomic E-state index is 11.8. The number of aliphatic hydroxyl groups is 1. The lowest BCUT2D eigenvalue weighted by Gasteiger charge is -2.28. The highest BCUT2D eigenvalue weighted by Crippen LogP contribution is 2.11. The largest absolute Gasteiger partial charge is 0.394 e. The molecular weight excluding hydrogens is 264 g/mol. The van der Waals surface area contributed by atoms with Crippen LogP contribution in [0.5, 0.6) is 0 Å². The van der Waals surface area contributed by atoms with Gasteiger partial charge in [0, 0.05) is 11.6 Å². The van der Waals surface area contributed by atoms with Gasteiger partial charge in [-0.3, -0.25) is 0 Å². The number of carbonyl (C=O) groups is 1. The Morgan fingerprint density at radius 1 is 1.37 bits per heavy atom. The van der Waals surface area contributed by atoms with Gasteiger partial charge in [0.1, 0.15) is 0 Å². The quantitative estimate of drug-likeness (QED) is 0.752. The molecule has 0 aliphatic rings. The Bertz CT molecular complexity index is 408. The number of amides is 2. The van der Waals surface area contributed by atoms with Crippen LogP contribution in [0.15, 0.2) is 24.3 Å².